The zero-order chi connectivity index (χ0) is 11.0. The van der Waals surface area contributed by atoms with E-state index in [-0.39, 0.29) is 18.6 Å². The molecule has 0 aliphatic carbocycles. The van der Waals surface area contributed by atoms with Crippen molar-refractivity contribution in [2.24, 2.45) is 5.92 Å². The van der Waals surface area contributed by atoms with Gasteiger partial charge < -0.3 is 4.74 Å². The molecule has 0 aromatic rings. The summed E-state index contributed by atoms with van der Waals surface area (Å²) >= 11 is 0. The Hall–Kier alpha value is -0.710. The van der Waals surface area contributed by atoms with Gasteiger partial charge in [-0.2, -0.15) is 0 Å². The van der Waals surface area contributed by atoms with Crippen molar-refractivity contribution in [1.82, 2.24) is 4.90 Å². The SMILES string of the molecule is CF.COC(=O)[C@@H]1CCN(CCF)C1. The summed E-state index contributed by atoms with van der Waals surface area (Å²) in [4.78, 5) is 13.0. The van der Waals surface area contributed by atoms with Crippen LogP contribution in [0, 0.1) is 5.92 Å². The third-order valence-electron chi connectivity index (χ3n) is 2.21. The van der Waals surface area contributed by atoms with E-state index in [2.05, 4.69) is 4.74 Å². The molecule has 0 aromatic heterocycles. The maximum atomic E-state index is 11.9. The standard InChI is InChI=1S/C8H14FNO2.CH3F/c1-12-8(11)7-2-4-10(6-7)5-3-9;1-2/h7H,2-6H2,1H3;1H3/t7-;/m1./s1. The minimum absolute atomic E-state index is 0.0402. The highest BCUT2D eigenvalue weighted by Gasteiger charge is 2.28. The largest absolute Gasteiger partial charge is 0.469 e. The molecule has 1 saturated heterocycles. The molecule has 1 aliphatic rings. The van der Waals surface area contributed by atoms with Crippen molar-refractivity contribution in [2.45, 2.75) is 6.42 Å². The van der Waals surface area contributed by atoms with Gasteiger partial charge in [-0.15, -0.1) is 0 Å². The summed E-state index contributed by atoms with van der Waals surface area (Å²) in [5, 5.41) is 0. The number of hydrogen-bond acceptors (Lipinski definition) is 3. The first-order chi connectivity index (χ1) is 6.77. The summed E-state index contributed by atoms with van der Waals surface area (Å²) in [5.74, 6) is -0.210. The molecule has 0 aromatic carbocycles. The number of alkyl halides is 2. The summed E-state index contributed by atoms with van der Waals surface area (Å²) in [6, 6.07) is 0. The van der Waals surface area contributed by atoms with Gasteiger partial charge in [0.25, 0.3) is 0 Å². The normalized spacial score (nSPS) is 21.3. The van der Waals surface area contributed by atoms with Gasteiger partial charge in [-0.1, -0.05) is 0 Å². The number of esters is 1. The highest BCUT2D eigenvalue weighted by molar-refractivity contribution is 5.72. The van der Waals surface area contributed by atoms with Gasteiger partial charge in [0, 0.05) is 13.1 Å². The van der Waals surface area contributed by atoms with Gasteiger partial charge in [0.05, 0.1) is 20.2 Å². The van der Waals surface area contributed by atoms with Gasteiger partial charge >= 0.3 is 5.97 Å². The Kier molecular flexibility index (Phi) is 7.28. The minimum atomic E-state index is -0.339. The van der Waals surface area contributed by atoms with Crippen LogP contribution in [0.25, 0.3) is 0 Å². The molecule has 0 bridgehead atoms. The van der Waals surface area contributed by atoms with Crippen LogP contribution >= 0.6 is 0 Å². The van der Waals surface area contributed by atoms with Crippen molar-refractivity contribution >= 4 is 5.97 Å². The van der Waals surface area contributed by atoms with Crippen molar-refractivity contribution in [3.8, 4) is 0 Å². The third kappa shape index (κ3) is 4.00. The highest BCUT2D eigenvalue weighted by atomic mass is 19.1. The van der Waals surface area contributed by atoms with Crippen LogP contribution in [0.2, 0.25) is 0 Å². The van der Waals surface area contributed by atoms with Crippen LogP contribution in [0.15, 0.2) is 0 Å². The second kappa shape index (κ2) is 7.67. The van der Waals surface area contributed by atoms with Crippen molar-refractivity contribution in [1.29, 1.82) is 0 Å². The van der Waals surface area contributed by atoms with E-state index in [4.69, 9.17) is 0 Å². The lowest BCUT2D eigenvalue weighted by Crippen LogP contribution is -2.25. The van der Waals surface area contributed by atoms with Crippen LogP contribution in [-0.4, -0.2) is 51.5 Å². The summed E-state index contributed by atoms with van der Waals surface area (Å²) in [5.41, 5.74) is 0. The van der Waals surface area contributed by atoms with Gasteiger partial charge in [0.1, 0.15) is 6.67 Å². The van der Waals surface area contributed by atoms with Crippen LogP contribution in [0.1, 0.15) is 6.42 Å². The van der Waals surface area contributed by atoms with Crippen molar-refractivity contribution in [3.05, 3.63) is 0 Å². The van der Waals surface area contributed by atoms with Crippen LogP contribution < -0.4 is 0 Å². The van der Waals surface area contributed by atoms with E-state index in [1.807, 2.05) is 4.90 Å². The van der Waals surface area contributed by atoms with Crippen LogP contribution in [0.4, 0.5) is 8.78 Å². The number of hydrogen-bond donors (Lipinski definition) is 0. The average molecular weight is 209 g/mol. The maximum Gasteiger partial charge on any atom is 0.310 e. The van der Waals surface area contributed by atoms with Crippen molar-refractivity contribution < 1.29 is 18.3 Å². The highest BCUT2D eigenvalue weighted by Crippen LogP contribution is 2.16. The molecule has 0 amide bonds. The number of methoxy groups -OCH3 is 1. The van der Waals surface area contributed by atoms with Gasteiger partial charge in [-0.3, -0.25) is 14.1 Å². The van der Waals surface area contributed by atoms with E-state index in [9.17, 15) is 13.6 Å². The molecule has 1 aliphatic heterocycles. The van der Waals surface area contributed by atoms with Gasteiger partial charge in [0.2, 0.25) is 0 Å². The first-order valence-electron chi connectivity index (χ1n) is 4.52. The Labute approximate surface area is 83.0 Å². The molecule has 0 saturated carbocycles. The summed E-state index contributed by atoms with van der Waals surface area (Å²) in [7, 11) is 1.89. The summed E-state index contributed by atoms with van der Waals surface area (Å²) in [6.07, 6.45) is 0.798. The molecule has 3 nitrogen and oxygen atoms in total. The average Bonchev–Trinajstić information content (AvgIpc) is 2.69. The molecular formula is C9H17F2NO2. The van der Waals surface area contributed by atoms with Gasteiger partial charge in [0.15, 0.2) is 0 Å². The summed E-state index contributed by atoms with van der Waals surface area (Å²) in [6.45, 7) is 1.56. The van der Waals surface area contributed by atoms with E-state index in [1.165, 1.54) is 7.11 Å². The quantitative estimate of drug-likeness (QED) is 0.650. The molecule has 0 unspecified atom stereocenters. The molecule has 1 fully saturated rings. The minimum Gasteiger partial charge on any atom is -0.469 e. The lowest BCUT2D eigenvalue weighted by Gasteiger charge is -2.12. The van der Waals surface area contributed by atoms with Crippen LogP contribution in [0.3, 0.4) is 0 Å². The number of carbonyl (C=O) groups is 1. The number of carbonyl (C=O) groups excluding carboxylic acids is 1. The molecule has 84 valence electrons. The Morgan fingerprint density at radius 2 is 2.21 bits per heavy atom. The summed E-state index contributed by atoms with van der Waals surface area (Å²) < 4.78 is 26.0. The molecule has 0 radical (unpaired) electrons. The Morgan fingerprint density at radius 3 is 2.71 bits per heavy atom. The number of rotatable bonds is 3. The lowest BCUT2D eigenvalue weighted by molar-refractivity contribution is -0.144. The Morgan fingerprint density at radius 1 is 1.57 bits per heavy atom. The van der Waals surface area contributed by atoms with E-state index < -0.39 is 0 Å². The van der Waals surface area contributed by atoms with E-state index in [0.717, 1.165) is 13.0 Å². The third-order valence-corrected chi connectivity index (χ3v) is 2.21. The number of ether oxygens (including phenoxy) is 1. The second-order valence-electron chi connectivity index (χ2n) is 3.00. The topological polar surface area (TPSA) is 29.5 Å². The van der Waals surface area contributed by atoms with Crippen LogP contribution in [-0.2, 0) is 9.53 Å². The predicted molar refractivity (Wildman–Crippen MR) is 49.6 cm³/mol. The van der Waals surface area contributed by atoms with Crippen molar-refractivity contribution in [2.75, 3.05) is 40.6 Å². The predicted octanol–water partition coefficient (Wildman–Crippen LogP) is 1.04. The fraction of sp³-hybridized carbons (Fsp3) is 0.889. The maximum absolute atomic E-state index is 11.9. The number of likely N-dealkylation sites (tertiary alicyclic amines) is 1. The molecule has 0 spiro atoms. The molecular weight excluding hydrogens is 192 g/mol. The van der Waals surface area contributed by atoms with Gasteiger partial charge in [-0.25, -0.2) is 4.39 Å². The first-order valence-corrected chi connectivity index (χ1v) is 4.52. The molecule has 14 heavy (non-hydrogen) atoms. The van der Waals surface area contributed by atoms with Crippen LogP contribution in [0.5, 0.6) is 0 Å². The smallest absolute Gasteiger partial charge is 0.310 e. The molecule has 1 atom stereocenters. The Balaban J connectivity index is 0.000000791. The monoisotopic (exact) mass is 209 g/mol. The van der Waals surface area contributed by atoms with Crippen molar-refractivity contribution in [3.63, 3.8) is 0 Å². The molecule has 0 N–H and O–H groups in total. The number of halogens is 2. The fourth-order valence-electron chi connectivity index (χ4n) is 1.51. The molecule has 1 heterocycles. The van der Waals surface area contributed by atoms with E-state index >= 15 is 0 Å². The zero-order valence-corrected chi connectivity index (χ0v) is 8.63. The second-order valence-corrected chi connectivity index (χ2v) is 3.00. The zero-order valence-electron chi connectivity index (χ0n) is 8.63. The fourth-order valence-corrected chi connectivity index (χ4v) is 1.51. The first kappa shape index (κ1) is 13.3. The Bertz CT molecular complexity index is 167. The van der Waals surface area contributed by atoms with E-state index in [1.54, 1.807) is 0 Å². The van der Waals surface area contributed by atoms with Gasteiger partial charge in [-0.05, 0) is 13.0 Å². The van der Waals surface area contributed by atoms with E-state index in [0.29, 0.717) is 20.3 Å². The molecule has 1 rings (SSSR count). The number of nitrogens with zero attached hydrogens (tertiary/aromatic N) is 1. The molecule has 5 heteroatoms. The lowest BCUT2D eigenvalue weighted by atomic mass is 10.1.